The summed E-state index contributed by atoms with van der Waals surface area (Å²) < 4.78 is 10.3. The quantitative estimate of drug-likeness (QED) is 0.268. The van der Waals surface area contributed by atoms with Gasteiger partial charge in [-0.1, -0.05) is 23.7 Å². The first-order chi connectivity index (χ1) is 10.3. The maximum Gasteiger partial charge on any atom is 0.191 e. The Labute approximate surface area is 154 Å². The van der Waals surface area contributed by atoms with Crippen molar-refractivity contribution in [1.29, 1.82) is 0 Å². The Morgan fingerprint density at radius 3 is 2.50 bits per heavy atom. The van der Waals surface area contributed by atoms with Gasteiger partial charge in [0.05, 0.1) is 13.2 Å². The van der Waals surface area contributed by atoms with E-state index in [0.717, 1.165) is 29.5 Å². The van der Waals surface area contributed by atoms with Crippen LogP contribution in [0.3, 0.4) is 0 Å². The molecule has 0 saturated heterocycles. The number of hydrogen-bond donors (Lipinski definition) is 2. The number of hydrogen-bond acceptors (Lipinski definition) is 3. The molecule has 2 N–H and O–H groups in total. The maximum absolute atomic E-state index is 5.86. The van der Waals surface area contributed by atoms with Crippen molar-refractivity contribution in [3.63, 3.8) is 0 Å². The number of rotatable bonds is 9. The van der Waals surface area contributed by atoms with Gasteiger partial charge in [-0.25, -0.2) is 0 Å². The highest BCUT2D eigenvalue weighted by atomic mass is 127. The molecule has 0 aromatic heterocycles. The summed E-state index contributed by atoms with van der Waals surface area (Å²) in [6, 6.07) is 7.75. The molecule has 5 nitrogen and oxygen atoms in total. The van der Waals surface area contributed by atoms with E-state index < -0.39 is 0 Å². The van der Waals surface area contributed by atoms with Gasteiger partial charge >= 0.3 is 0 Å². The number of aliphatic imine (C=N–C) groups is 1. The van der Waals surface area contributed by atoms with Crippen LogP contribution in [-0.4, -0.2) is 46.5 Å². The molecule has 1 rings (SSSR count). The van der Waals surface area contributed by atoms with E-state index in [9.17, 15) is 0 Å². The zero-order valence-corrected chi connectivity index (χ0v) is 16.2. The highest BCUT2D eigenvalue weighted by molar-refractivity contribution is 14.0. The summed E-state index contributed by atoms with van der Waals surface area (Å²) in [4.78, 5) is 4.18. The lowest BCUT2D eigenvalue weighted by molar-refractivity contribution is 0.0698. The second-order valence-electron chi connectivity index (χ2n) is 4.44. The van der Waals surface area contributed by atoms with E-state index in [2.05, 4.69) is 15.6 Å². The monoisotopic (exact) mass is 441 g/mol. The summed E-state index contributed by atoms with van der Waals surface area (Å²) in [5.74, 6) is 0.779. The first-order valence-electron chi connectivity index (χ1n) is 7.02. The van der Waals surface area contributed by atoms with Gasteiger partial charge in [-0.3, -0.25) is 4.99 Å². The van der Waals surface area contributed by atoms with Crippen LogP contribution in [0.2, 0.25) is 5.02 Å². The molecule has 0 heterocycles. The van der Waals surface area contributed by atoms with Crippen LogP contribution in [0.5, 0.6) is 0 Å². The van der Waals surface area contributed by atoms with Gasteiger partial charge in [0.15, 0.2) is 5.96 Å². The fourth-order valence-corrected chi connectivity index (χ4v) is 1.76. The summed E-state index contributed by atoms with van der Waals surface area (Å²) >= 11 is 5.86. The lowest BCUT2D eigenvalue weighted by atomic mass is 10.2. The molecule has 0 spiro atoms. The third kappa shape index (κ3) is 10.2. The Morgan fingerprint density at radius 1 is 1.14 bits per heavy atom. The van der Waals surface area contributed by atoms with Gasteiger partial charge in [0.1, 0.15) is 0 Å². The number of benzene rings is 1. The lowest BCUT2D eigenvalue weighted by Gasteiger charge is -2.12. The molecule has 0 aliphatic carbocycles. The van der Waals surface area contributed by atoms with Crippen LogP contribution in [0.15, 0.2) is 29.3 Å². The maximum atomic E-state index is 5.86. The van der Waals surface area contributed by atoms with Gasteiger partial charge in [-0.05, 0) is 24.1 Å². The molecule has 0 unspecified atom stereocenters. The van der Waals surface area contributed by atoms with Crippen molar-refractivity contribution < 1.29 is 9.47 Å². The molecular formula is C15H25ClIN3O2. The molecule has 1 aromatic carbocycles. The third-order valence-corrected chi connectivity index (χ3v) is 3.04. The molecule has 0 saturated carbocycles. The normalized spacial score (nSPS) is 11.0. The van der Waals surface area contributed by atoms with Gasteiger partial charge in [-0.2, -0.15) is 0 Å². The largest absolute Gasteiger partial charge is 0.382 e. The van der Waals surface area contributed by atoms with Gasteiger partial charge in [0.25, 0.3) is 0 Å². The van der Waals surface area contributed by atoms with Crippen LogP contribution in [0, 0.1) is 0 Å². The lowest BCUT2D eigenvalue weighted by Crippen LogP contribution is -2.37. The number of guanidine groups is 1. The third-order valence-electron chi connectivity index (χ3n) is 2.79. The minimum atomic E-state index is 0. The van der Waals surface area contributed by atoms with Crippen LogP contribution in [-0.2, 0) is 16.0 Å². The molecule has 0 radical (unpaired) electrons. The standard InChI is InChI=1S/C15H24ClN3O2.HI/c1-17-15(18-8-3-9-21-11-10-20-2)19-12-13-4-6-14(16)7-5-13;/h4-7H,3,8-12H2,1-2H3,(H2,17,18,19);1H. The van der Waals surface area contributed by atoms with Gasteiger partial charge in [0.2, 0.25) is 0 Å². The molecular weight excluding hydrogens is 417 g/mol. The topological polar surface area (TPSA) is 54.9 Å². The Morgan fingerprint density at radius 2 is 1.86 bits per heavy atom. The van der Waals surface area contributed by atoms with E-state index >= 15 is 0 Å². The van der Waals surface area contributed by atoms with Crippen LogP contribution in [0.4, 0.5) is 0 Å². The molecule has 0 atom stereocenters. The van der Waals surface area contributed by atoms with E-state index in [0.29, 0.717) is 26.4 Å². The zero-order chi connectivity index (χ0) is 15.3. The van der Waals surface area contributed by atoms with Crippen molar-refractivity contribution >= 4 is 41.5 Å². The van der Waals surface area contributed by atoms with E-state index in [1.165, 1.54) is 0 Å². The average Bonchev–Trinajstić information content (AvgIpc) is 2.51. The highest BCUT2D eigenvalue weighted by Gasteiger charge is 1.98. The summed E-state index contributed by atoms with van der Waals surface area (Å²) in [6.07, 6.45) is 0.922. The molecule has 0 amide bonds. The van der Waals surface area contributed by atoms with Crippen LogP contribution in [0.1, 0.15) is 12.0 Å². The van der Waals surface area contributed by atoms with E-state index in [1.54, 1.807) is 14.2 Å². The Balaban J connectivity index is 0.00000441. The molecule has 1 aromatic rings. The van der Waals surface area contributed by atoms with Gasteiger partial charge < -0.3 is 20.1 Å². The van der Waals surface area contributed by atoms with Crippen molar-refractivity contribution in [3.05, 3.63) is 34.9 Å². The van der Waals surface area contributed by atoms with E-state index in [1.807, 2.05) is 24.3 Å². The van der Waals surface area contributed by atoms with E-state index in [-0.39, 0.29) is 24.0 Å². The molecule has 0 aliphatic rings. The number of halogens is 2. The second-order valence-corrected chi connectivity index (χ2v) is 4.87. The minimum Gasteiger partial charge on any atom is -0.382 e. The van der Waals surface area contributed by atoms with Crippen molar-refractivity contribution in [1.82, 2.24) is 10.6 Å². The number of methoxy groups -OCH3 is 1. The average molecular weight is 442 g/mol. The molecule has 126 valence electrons. The molecule has 0 bridgehead atoms. The summed E-state index contributed by atoms with van der Waals surface area (Å²) in [5, 5.41) is 7.24. The minimum absolute atomic E-state index is 0. The predicted molar refractivity (Wildman–Crippen MR) is 102 cm³/mol. The van der Waals surface area contributed by atoms with Gasteiger partial charge in [-0.15, -0.1) is 24.0 Å². The molecule has 0 aliphatic heterocycles. The van der Waals surface area contributed by atoms with E-state index in [4.69, 9.17) is 21.1 Å². The van der Waals surface area contributed by atoms with Gasteiger partial charge in [0, 0.05) is 38.9 Å². The summed E-state index contributed by atoms with van der Waals surface area (Å²) in [7, 11) is 3.42. The smallest absolute Gasteiger partial charge is 0.191 e. The first kappa shape index (κ1) is 21.4. The Hall–Kier alpha value is -0.570. The number of nitrogens with one attached hydrogen (secondary N) is 2. The Kier molecular flexibility index (Phi) is 13.7. The predicted octanol–water partition coefficient (Wildman–Crippen LogP) is 2.68. The van der Waals surface area contributed by atoms with Crippen LogP contribution >= 0.6 is 35.6 Å². The van der Waals surface area contributed by atoms with Crippen molar-refractivity contribution in [3.8, 4) is 0 Å². The highest BCUT2D eigenvalue weighted by Crippen LogP contribution is 2.08. The fourth-order valence-electron chi connectivity index (χ4n) is 1.63. The molecule has 7 heteroatoms. The second kappa shape index (κ2) is 14.0. The Bertz CT molecular complexity index is 416. The zero-order valence-electron chi connectivity index (χ0n) is 13.1. The first-order valence-corrected chi connectivity index (χ1v) is 7.39. The SMILES string of the molecule is CN=C(NCCCOCCOC)NCc1ccc(Cl)cc1.I. The fraction of sp³-hybridized carbons (Fsp3) is 0.533. The summed E-state index contributed by atoms with van der Waals surface area (Å²) in [6.45, 7) is 3.51. The van der Waals surface area contributed by atoms with Crippen LogP contribution in [0.25, 0.3) is 0 Å². The van der Waals surface area contributed by atoms with Crippen molar-refractivity contribution in [2.24, 2.45) is 4.99 Å². The van der Waals surface area contributed by atoms with Crippen molar-refractivity contribution in [2.75, 3.05) is 40.5 Å². The van der Waals surface area contributed by atoms with Crippen molar-refractivity contribution in [2.45, 2.75) is 13.0 Å². The summed E-state index contributed by atoms with van der Waals surface area (Å²) in [5.41, 5.74) is 1.16. The molecule has 22 heavy (non-hydrogen) atoms. The number of ether oxygens (including phenoxy) is 2. The number of nitrogens with zero attached hydrogens (tertiary/aromatic N) is 1. The molecule has 0 fully saturated rings. The van der Waals surface area contributed by atoms with Crippen LogP contribution < -0.4 is 10.6 Å².